The van der Waals surface area contributed by atoms with Gasteiger partial charge in [-0.1, -0.05) is 13.0 Å². The van der Waals surface area contributed by atoms with Gasteiger partial charge in [-0.2, -0.15) is 0 Å². The Hall–Kier alpha value is -2.59. The number of likely N-dealkylation sites (tertiary alicyclic amines) is 1. The molecule has 5 N–H and O–H groups in total. The molecule has 0 spiro atoms. The molecule has 5 atom stereocenters. The van der Waals surface area contributed by atoms with E-state index in [4.69, 9.17) is 11.5 Å². The number of carbonyl (C=O) groups excluding carboxylic acids is 3. The predicted molar refractivity (Wildman–Crippen MR) is 95.3 cm³/mol. The molecule has 3 unspecified atom stereocenters. The lowest BCUT2D eigenvalue weighted by Crippen LogP contribution is -2.57. The van der Waals surface area contributed by atoms with Crippen LogP contribution >= 0.6 is 0 Å². The first-order chi connectivity index (χ1) is 13.0. The van der Waals surface area contributed by atoms with E-state index in [-0.39, 0.29) is 12.1 Å². The highest BCUT2D eigenvalue weighted by Gasteiger charge is 2.49. The number of hydrogen-bond donors (Lipinski definition) is 3. The van der Waals surface area contributed by atoms with Crippen LogP contribution in [0.4, 0.5) is 8.78 Å². The molecule has 2 rings (SSSR count). The number of amides is 3. The molecule has 0 aliphatic carbocycles. The smallest absolute Gasteiger partial charge is 0.246 e. The summed E-state index contributed by atoms with van der Waals surface area (Å²) >= 11 is 0. The maximum Gasteiger partial charge on any atom is 0.246 e. The van der Waals surface area contributed by atoms with Crippen LogP contribution in [0.2, 0.25) is 0 Å². The Morgan fingerprint density at radius 3 is 2.43 bits per heavy atom. The largest absolute Gasteiger partial charge is 0.391 e. The number of likely N-dealkylation sites (N-methyl/N-ethyl adjacent to an activating group) is 1. The lowest BCUT2D eigenvalue weighted by Gasteiger charge is -2.34. The summed E-state index contributed by atoms with van der Waals surface area (Å²) in [4.78, 5) is 39.4. The number of primary amides is 1. The maximum atomic E-state index is 13.5. The van der Waals surface area contributed by atoms with Gasteiger partial charge in [-0.05, 0) is 24.6 Å². The highest BCUT2D eigenvalue weighted by Crippen LogP contribution is 2.29. The minimum atomic E-state index is -1.29. The Balaban J connectivity index is 2.35. The van der Waals surface area contributed by atoms with Gasteiger partial charge in [-0.25, -0.2) is 8.78 Å². The highest BCUT2D eigenvalue weighted by molar-refractivity contribution is 5.96. The first-order valence-electron chi connectivity index (χ1n) is 8.71. The molecule has 10 heteroatoms. The number of aliphatic hydroxyl groups is 1. The standard InChI is InChI=1S/C18H24F2N4O4/c1-8-13(21)17(27)24(7-10-4-5-11(19)12(20)6-10)14(8)18(28)23(3)15(9(2)25)16(22)26/h4-6,8-9,13-15,25H,7,21H2,1-3H3,(H2,22,26)/t8?,9-,13?,14?,15+/m1/s1. The van der Waals surface area contributed by atoms with Crippen LogP contribution in [0.3, 0.4) is 0 Å². The van der Waals surface area contributed by atoms with E-state index in [0.717, 1.165) is 17.0 Å². The molecule has 0 saturated carbocycles. The fourth-order valence-electron chi connectivity index (χ4n) is 3.50. The summed E-state index contributed by atoms with van der Waals surface area (Å²) in [5.74, 6) is -4.80. The molecule has 0 aromatic heterocycles. The third kappa shape index (κ3) is 3.97. The maximum absolute atomic E-state index is 13.5. The summed E-state index contributed by atoms with van der Waals surface area (Å²) in [7, 11) is 1.29. The lowest BCUT2D eigenvalue weighted by molar-refractivity contribution is -0.148. The van der Waals surface area contributed by atoms with Crippen molar-refractivity contribution < 1.29 is 28.3 Å². The monoisotopic (exact) mass is 398 g/mol. The van der Waals surface area contributed by atoms with Crippen molar-refractivity contribution in [2.75, 3.05) is 7.05 Å². The topological polar surface area (TPSA) is 130 Å². The van der Waals surface area contributed by atoms with Crippen molar-refractivity contribution in [3.63, 3.8) is 0 Å². The van der Waals surface area contributed by atoms with E-state index < -0.39 is 59.5 Å². The molecule has 1 fully saturated rings. The zero-order chi connectivity index (χ0) is 21.3. The van der Waals surface area contributed by atoms with Crippen LogP contribution in [0, 0.1) is 17.6 Å². The van der Waals surface area contributed by atoms with Crippen LogP contribution in [0.5, 0.6) is 0 Å². The van der Waals surface area contributed by atoms with E-state index in [1.807, 2.05) is 0 Å². The molecule has 1 aliphatic heterocycles. The van der Waals surface area contributed by atoms with E-state index >= 15 is 0 Å². The van der Waals surface area contributed by atoms with Crippen LogP contribution in [0.25, 0.3) is 0 Å². The summed E-state index contributed by atoms with van der Waals surface area (Å²) in [6, 6.07) is -0.171. The highest BCUT2D eigenvalue weighted by atomic mass is 19.2. The number of nitrogens with two attached hydrogens (primary N) is 2. The number of nitrogens with zero attached hydrogens (tertiary/aromatic N) is 2. The SMILES string of the molecule is CC1C(N)C(=O)N(Cc2ccc(F)c(F)c2)C1C(=O)N(C)[C@H](C(N)=O)[C@@H](C)O. The zero-order valence-corrected chi connectivity index (χ0v) is 15.8. The van der Waals surface area contributed by atoms with E-state index in [2.05, 4.69) is 0 Å². The van der Waals surface area contributed by atoms with Crippen molar-refractivity contribution in [3.05, 3.63) is 35.4 Å². The van der Waals surface area contributed by atoms with E-state index in [1.54, 1.807) is 6.92 Å². The van der Waals surface area contributed by atoms with E-state index in [9.17, 15) is 28.3 Å². The Morgan fingerprint density at radius 2 is 1.93 bits per heavy atom. The fraction of sp³-hybridized carbons (Fsp3) is 0.500. The number of hydrogen-bond acceptors (Lipinski definition) is 5. The molecule has 1 aliphatic rings. The summed E-state index contributed by atoms with van der Waals surface area (Å²) in [6.07, 6.45) is -1.23. The van der Waals surface area contributed by atoms with Crippen LogP contribution in [0.1, 0.15) is 19.4 Å². The third-order valence-corrected chi connectivity index (χ3v) is 5.07. The van der Waals surface area contributed by atoms with Crippen LogP contribution < -0.4 is 11.5 Å². The summed E-state index contributed by atoms with van der Waals surface area (Å²) in [6.45, 7) is 2.74. The van der Waals surface area contributed by atoms with Gasteiger partial charge in [-0.15, -0.1) is 0 Å². The Labute approximate surface area is 161 Å². The lowest BCUT2D eigenvalue weighted by atomic mass is 9.97. The number of aliphatic hydroxyl groups excluding tert-OH is 1. The van der Waals surface area contributed by atoms with Gasteiger partial charge in [0.05, 0.1) is 12.1 Å². The molecular formula is C18H24F2N4O4. The quantitative estimate of drug-likeness (QED) is 0.585. The molecule has 3 amide bonds. The molecule has 0 bridgehead atoms. The van der Waals surface area contributed by atoms with Crippen molar-refractivity contribution in [1.82, 2.24) is 9.80 Å². The number of halogens is 2. The van der Waals surface area contributed by atoms with Crippen molar-refractivity contribution >= 4 is 17.7 Å². The Bertz CT molecular complexity index is 789. The summed E-state index contributed by atoms with van der Waals surface area (Å²) < 4.78 is 26.7. The Morgan fingerprint density at radius 1 is 1.32 bits per heavy atom. The predicted octanol–water partition coefficient (Wildman–Crippen LogP) is -0.668. The minimum absolute atomic E-state index is 0.172. The van der Waals surface area contributed by atoms with Gasteiger partial charge in [0.1, 0.15) is 12.1 Å². The van der Waals surface area contributed by atoms with E-state index in [1.165, 1.54) is 24.9 Å². The van der Waals surface area contributed by atoms with E-state index in [0.29, 0.717) is 0 Å². The van der Waals surface area contributed by atoms with Crippen molar-refractivity contribution in [1.29, 1.82) is 0 Å². The average molecular weight is 398 g/mol. The van der Waals surface area contributed by atoms with Gasteiger partial charge in [0.2, 0.25) is 17.7 Å². The number of benzene rings is 1. The third-order valence-electron chi connectivity index (χ3n) is 5.07. The normalized spacial score (nSPS) is 24.2. The molecule has 0 radical (unpaired) electrons. The molecule has 8 nitrogen and oxygen atoms in total. The fourth-order valence-corrected chi connectivity index (χ4v) is 3.50. The summed E-state index contributed by atoms with van der Waals surface area (Å²) in [5, 5.41) is 9.80. The number of carbonyl (C=O) groups is 3. The first kappa shape index (κ1) is 21.7. The van der Waals surface area contributed by atoms with Crippen LogP contribution in [-0.2, 0) is 20.9 Å². The first-order valence-corrected chi connectivity index (χ1v) is 8.71. The van der Waals surface area contributed by atoms with Gasteiger partial charge in [-0.3, -0.25) is 14.4 Å². The second kappa shape index (κ2) is 8.19. The molecule has 1 aromatic rings. The second-order valence-electron chi connectivity index (χ2n) is 7.08. The molecule has 28 heavy (non-hydrogen) atoms. The van der Waals surface area contributed by atoms with Crippen LogP contribution in [-0.4, -0.2) is 63.9 Å². The second-order valence-corrected chi connectivity index (χ2v) is 7.08. The van der Waals surface area contributed by atoms with Gasteiger partial charge in [0, 0.05) is 19.5 Å². The van der Waals surface area contributed by atoms with Crippen molar-refractivity contribution in [2.45, 2.75) is 44.6 Å². The van der Waals surface area contributed by atoms with Gasteiger partial charge >= 0.3 is 0 Å². The molecule has 1 saturated heterocycles. The van der Waals surface area contributed by atoms with Crippen LogP contribution in [0.15, 0.2) is 18.2 Å². The molecule has 1 heterocycles. The molecule has 1 aromatic carbocycles. The minimum Gasteiger partial charge on any atom is -0.391 e. The van der Waals surface area contributed by atoms with Crippen molar-refractivity contribution in [3.8, 4) is 0 Å². The number of rotatable bonds is 6. The van der Waals surface area contributed by atoms with Gasteiger partial charge in [0.15, 0.2) is 11.6 Å². The molecular weight excluding hydrogens is 374 g/mol. The van der Waals surface area contributed by atoms with Gasteiger partial charge < -0.3 is 26.4 Å². The zero-order valence-electron chi connectivity index (χ0n) is 15.8. The van der Waals surface area contributed by atoms with Crippen molar-refractivity contribution in [2.24, 2.45) is 17.4 Å². The van der Waals surface area contributed by atoms with Gasteiger partial charge in [0.25, 0.3) is 0 Å². The molecule has 154 valence electrons. The summed E-state index contributed by atoms with van der Waals surface area (Å²) in [5.41, 5.74) is 11.5. The average Bonchev–Trinajstić information content (AvgIpc) is 2.81. The Kier molecular flexibility index (Phi) is 6.35.